The van der Waals surface area contributed by atoms with Crippen LogP contribution in [0.5, 0.6) is 0 Å². The summed E-state index contributed by atoms with van der Waals surface area (Å²) in [5, 5.41) is 18.0. The smallest absolute Gasteiger partial charge is 0.306 e. The number of aliphatic carboxylic acids is 1. The van der Waals surface area contributed by atoms with Gasteiger partial charge in [-0.2, -0.15) is 0 Å². The first-order valence-corrected chi connectivity index (χ1v) is 4.85. The number of ketones is 1. The van der Waals surface area contributed by atoms with Gasteiger partial charge in [0.15, 0.2) is 5.78 Å². The lowest BCUT2D eigenvalue weighted by atomic mass is 9.94. The van der Waals surface area contributed by atoms with Crippen molar-refractivity contribution >= 4 is 11.8 Å². The highest BCUT2D eigenvalue weighted by Gasteiger charge is 2.46. The van der Waals surface area contributed by atoms with Gasteiger partial charge in [-0.3, -0.25) is 14.4 Å². The molecule has 0 unspecified atom stereocenters. The third kappa shape index (κ3) is 5.25. The topological polar surface area (TPSA) is 107 Å². The van der Waals surface area contributed by atoms with E-state index in [0.717, 1.165) is 6.92 Å². The quantitative estimate of drug-likeness (QED) is 0.377. The molecule has 17 heavy (non-hydrogen) atoms. The third-order valence-electron chi connectivity index (χ3n) is 2.06. The van der Waals surface area contributed by atoms with Gasteiger partial charge in [0, 0.05) is 0 Å². The number of carbonyl (C=O) groups is 2. The Labute approximate surface area is 98.5 Å². The highest BCUT2D eigenvalue weighted by atomic mass is 17.0. The van der Waals surface area contributed by atoms with E-state index < -0.39 is 28.9 Å². The van der Waals surface area contributed by atoms with Crippen molar-refractivity contribution in [3.8, 4) is 0 Å². The molecule has 98 valence electrons. The molecule has 8 nitrogen and oxygen atoms in total. The van der Waals surface area contributed by atoms with Gasteiger partial charge in [-0.15, -0.1) is 10.1 Å². The maximum absolute atomic E-state index is 11.5. The number of likely N-dealkylation sites (N-methyl/N-ethyl adjacent to an activating group) is 1. The summed E-state index contributed by atoms with van der Waals surface area (Å²) in [7, 11) is 5.05. The zero-order valence-electron chi connectivity index (χ0n) is 10.3. The number of hydrogen-bond donors (Lipinski definition) is 1. The Kier molecular flexibility index (Phi) is 4.58. The Bertz CT molecular complexity index is 317. The molecule has 0 radical (unpaired) electrons. The third-order valence-corrected chi connectivity index (χ3v) is 2.06. The molecule has 0 saturated heterocycles. The number of nitrogens with zero attached hydrogens (tertiary/aromatic N) is 2. The Hall–Kier alpha value is -1.70. The second-order valence-electron chi connectivity index (χ2n) is 4.88. The molecular weight excluding hydrogens is 232 g/mol. The minimum absolute atomic E-state index is 0.102. The normalized spacial score (nSPS) is 14.8. The van der Waals surface area contributed by atoms with E-state index in [0.29, 0.717) is 0 Å². The summed E-state index contributed by atoms with van der Waals surface area (Å²) >= 11 is 0. The largest absolute Gasteiger partial charge is 0.481 e. The number of quaternary nitrogens is 1. The minimum atomic E-state index is -1.94. The van der Waals surface area contributed by atoms with E-state index in [9.17, 15) is 19.7 Å². The SMILES string of the molecule is CC(=O)[C@@](CC(=O)O)(C[N+](C)(C)C)O[N+](=O)[O-]. The van der Waals surface area contributed by atoms with E-state index in [4.69, 9.17) is 5.11 Å². The fourth-order valence-corrected chi connectivity index (χ4v) is 1.57. The number of rotatable bonds is 7. The number of carbonyl (C=O) groups excluding carboxylic acids is 1. The number of carboxylic acids is 1. The van der Waals surface area contributed by atoms with Crippen molar-refractivity contribution in [2.45, 2.75) is 18.9 Å². The highest BCUT2D eigenvalue weighted by molar-refractivity contribution is 5.89. The van der Waals surface area contributed by atoms with Crippen LogP contribution in [0.15, 0.2) is 0 Å². The second-order valence-corrected chi connectivity index (χ2v) is 4.88. The number of hydrogen-bond acceptors (Lipinski definition) is 5. The summed E-state index contributed by atoms with van der Waals surface area (Å²) < 4.78 is 0.167. The molecule has 0 aromatic rings. The van der Waals surface area contributed by atoms with E-state index >= 15 is 0 Å². The van der Waals surface area contributed by atoms with E-state index in [1.807, 2.05) is 0 Å². The molecule has 0 saturated carbocycles. The predicted molar refractivity (Wildman–Crippen MR) is 56.6 cm³/mol. The Morgan fingerprint density at radius 3 is 2.12 bits per heavy atom. The first-order chi connectivity index (χ1) is 7.48. The lowest BCUT2D eigenvalue weighted by Crippen LogP contribution is -2.56. The van der Waals surface area contributed by atoms with Gasteiger partial charge >= 0.3 is 5.97 Å². The molecule has 1 atom stereocenters. The molecule has 0 aliphatic carbocycles. The van der Waals surface area contributed by atoms with Crippen LogP contribution in [-0.2, 0) is 14.4 Å². The van der Waals surface area contributed by atoms with Crippen LogP contribution < -0.4 is 0 Å². The maximum atomic E-state index is 11.5. The zero-order valence-corrected chi connectivity index (χ0v) is 10.3. The van der Waals surface area contributed by atoms with Gasteiger partial charge in [0.25, 0.3) is 5.09 Å². The lowest BCUT2D eigenvalue weighted by Gasteiger charge is -2.34. The molecule has 1 N–H and O–H groups in total. The Morgan fingerprint density at radius 2 is 1.88 bits per heavy atom. The molecule has 0 fully saturated rings. The summed E-state index contributed by atoms with van der Waals surface area (Å²) in [6, 6.07) is 0. The average molecular weight is 249 g/mol. The summed E-state index contributed by atoms with van der Waals surface area (Å²) in [5.41, 5.74) is -1.94. The maximum Gasteiger partial charge on any atom is 0.306 e. The van der Waals surface area contributed by atoms with Gasteiger partial charge in [0.05, 0.1) is 27.6 Å². The van der Waals surface area contributed by atoms with Crippen LogP contribution >= 0.6 is 0 Å². The van der Waals surface area contributed by atoms with Gasteiger partial charge in [0.1, 0.15) is 6.54 Å². The van der Waals surface area contributed by atoms with Crippen LogP contribution in [0.2, 0.25) is 0 Å². The van der Waals surface area contributed by atoms with Crippen molar-refractivity contribution in [1.82, 2.24) is 0 Å². The number of Topliss-reactive ketones (excluding diaryl/α,β-unsaturated/α-hetero) is 1. The molecule has 0 rings (SSSR count). The molecule has 0 aromatic heterocycles. The van der Waals surface area contributed by atoms with Crippen molar-refractivity contribution in [3.63, 3.8) is 0 Å². The van der Waals surface area contributed by atoms with E-state index in [1.165, 1.54) is 0 Å². The minimum Gasteiger partial charge on any atom is -0.481 e. The summed E-state index contributed by atoms with van der Waals surface area (Å²) in [6.07, 6.45) is -0.737. The van der Waals surface area contributed by atoms with Crippen LogP contribution in [0.4, 0.5) is 0 Å². The molecule has 0 spiro atoms. The fraction of sp³-hybridized carbons (Fsp3) is 0.778. The van der Waals surface area contributed by atoms with Crippen LogP contribution in [0.3, 0.4) is 0 Å². The van der Waals surface area contributed by atoms with E-state index in [-0.39, 0.29) is 11.0 Å². The number of carboxylic acid groups (broad SMARTS) is 1. The molecule has 0 bridgehead atoms. The van der Waals surface area contributed by atoms with Crippen molar-refractivity contribution in [2.24, 2.45) is 0 Å². The predicted octanol–water partition coefficient (Wildman–Crippen LogP) is -0.297. The van der Waals surface area contributed by atoms with Crippen LogP contribution in [0, 0.1) is 10.1 Å². The monoisotopic (exact) mass is 249 g/mol. The highest BCUT2D eigenvalue weighted by Crippen LogP contribution is 2.21. The molecular formula is C9H17N2O6+. The molecule has 0 aliphatic heterocycles. The molecule has 0 aliphatic rings. The lowest BCUT2D eigenvalue weighted by molar-refractivity contribution is -0.889. The zero-order chi connectivity index (χ0) is 13.9. The van der Waals surface area contributed by atoms with Crippen LogP contribution in [0.1, 0.15) is 13.3 Å². The first kappa shape index (κ1) is 15.3. The van der Waals surface area contributed by atoms with Crippen molar-refractivity contribution < 1.29 is 29.1 Å². The van der Waals surface area contributed by atoms with Crippen molar-refractivity contribution in [1.29, 1.82) is 0 Å². The molecule has 0 amide bonds. The molecule has 0 heterocycles. The van der Waals surface area contributed by atoms with Gasteiger partial charge < -0.3 is 9.59 Å². The first-order valence-electron chi connectivity index (χ1n) is 4.85. The van der Waals surface area contributed by atoms with Crippen molar-refractivity contribution in [3.05, 3.63) is 10.1 Å². The van der Waals surface area contributed by atoms with Crippen LogP contribution in [0.25, 0.3) is 0 Å². The second kappa shape index (κ2) is 5.09. The van der Waals surface area contributed by atoms with Gasteiger partial charge in [-0.25, -0.2) is 0 Å². The van der Waals surface area contributed by atoms with Gasteiger partial charge in [-0.05, 0) is 6.92 Å². The standard InChI is InChI=1S/C9H16N2O6/c1-7(12)9(5-8(13)14,17-10(15)16)6-11(2,3)4/h5-6H2,1-4H3/p+1/t9-/m1/s1. The molecule has 0 aromatic carbocycles. The van der Waals surface area contributed by atoms with Gasteiger partial charge in [0.2, 0.25) is 5.60 Å². The fourth-order valence-electron chi connectivity index (χ4n) is 1.57. The Balaban J connectivity index is 5.31. The van der Waals surface area contributed by atoms with Crippen LogP contribution in [-0.4, -0.2) is 59.7 Å². The van der Waals surface area contributed by atoms with Crippen molar-refractivity contribution in [2.75, 3.05) is 27.7 Å². The van der Waals surface area contributed by atoms with E-state index in [2.05, 4.69) is 4.84 Å². The summed E-state index contributed by atoms with van der Waals surface area (Å²) in [4.78, 5) is 37.0. The average Bonchev–Trinajstić information content (AvgIpc) is 1.96. The van der Waals surface area contributed by atoms with E-state index in [1.54, 1.807) is 21.1 Å². The summed E-state index contributed by atoms with van der Waals surface area (Å²) in [6.45, 7) is 0.984. The van der Waals surface area contributed by atoms with Gasteiger partial charge in [-0.1, -0.05) is 0 Å². The Morgan fingerprint density at radius 1 is 1.41 bits per heavy atom. The summed E-state index contributed by atoms with van der Waals surface area (Å²) in [5.74, 6) is -2.00. The molecule has 8 heteroatoms.